The van der Waals surface area contributed by atoms with Crippen molar-refractivity contribution in [2.75, 3.05) is 22.9 Å². The number of benzene rings is 1. The third-order valence-corrected chi connectivity index (χ3v) is 3.64. The summed E-state index contributed by atoms with van der Waals surface area (Å²) < 4.78 is 0. The highest BCUT2D eigenvalue weighted by molar-refractivity contribution is 5.74. The van der Waals surface area contributed by atoms with Gasteiger partial charge in [-0.05, 0) is 37.0 Å². The van der Waals surface area contributed by atoms with Gasteiger partial charge < -0.3 is 22.1 Å². The molecule has 120 valence electrons. The Morgan fingerprint density at radius 2 is 2.17 bits per heavy atom. The second-order valence-electron chi connectivity index (χ2n) is 5.67. The summed E-state index contributed by atoms with van der Waals surface area (Å²) in [5.74, 6) is 1.42. The number of nitrogens with zero attached hydrogens (tertiary/aromatic N) is 2. The minimum Gasteiger partial charge on any atom is -0.399 e. The molecule has 1 aromatic heterocycles. The van der Waals surface area contributed by atoms with Crippen molar-refractivity contribution in [3.05, 3.63) is 36.0 Å². The van der Waals surface area contributed by atoms with E-state index in [4.69, 9.17) is 11.5 Å². The summed E-state index contributed by atoms with van der Waals surface area (Å²) in [4.78, 5) is 19.8. The van der Waals surface area contributed by atoms with Gasteiger partial charge in [0, 0.05) is 36.1 Å². The van der Waals surface area contributed by atoms with Gasteiger partial charge in [0.05, 0.1) is 0 Å². The van der Waals surface area contributed by atoms with Gasteiger partial charge in [-0.15, -0.1) is 0 Å². The molecule has 1 amide bonds. The van der Waals surface area contributed by atoms with Crippen LogP contribution in [0, 0.1) is 0 Å². The molecule has 7 nitrogen and oxygen atoms in total. The van der Waals surface area contributed by atoms with E-state index in [-0.39, 0.29) is 12.3 Å². The van der Waals surface area contributed by atoms with E-state index in [1.54, 1.807) is 0 Å². The first-order valence-corrected chi connectivity index (χ1v) is 7.63. The van der Waals surface area contributed by atoms with E-state index in [1.165, 1.54) is 0 Å². The van der Waals surface area contributed by atoms with Crippen molar-refractivity contribution >= 4 is 29.0 Å². The maximum absolute atomic E-state index is 10.9. The normalized spacial score (nSPS) is 13.6. The number of hydrogen-bond donors (Lipinski definition) is 4. The first-order valence-electron chi connectivity index (χ1n) is 7.63. The monoisotopic (exact) mass is 312 g/mol. The van der Waals surface area contributed by atoms with E-state index in [2.05, 4.69) is 20.6 Å². The molecule has 0 radical (unpaired) electrons. The lowest BCUT2D eigenvalue weighted by molar-refractivity contribution is -0.117. The molecule has 6 N–H and O–H groups in total. The van der Waals surface area contributed by atoms with Crippen LogP contribution in [-0.2, 0) is 4.79 Å². The molecule has 1 aliphatic carbocycles. The third-order valence-electron chi connectivity index (χ3n) is 3.64. The van der Waals surface area contributed by atoms with Crippen LogP contribution >= 0.6 is 0 Å². The van der Waals surface area contributed by atoms with Gasteiger partial charge in [-0.3, -0.25) is 4.79 Å². The second kappa shape index (κ2) is 6.51. The van der Waals surface area contributed by atoms with Crippen LogP contribution in [0.5, 0.6) is 0 Å². The van der Waals surface area contributed by atoms with Crippen molar-refractivity contribution in [1.82, 2.24) is 9.97 Å². The van der Waals surface area contributed by atoms with Crippen molar-refractivity contribution in [2.24, 2.45) is 5.73 Å². The van der Waals surface area contributed by atoms with E-state index in [9.17, 15) is 4.79 Å². The summed E-state index contributed by atoms with van der Waals surface area (Å²) in [6.45, 7) is 0.462. The number of nitrogens with two attached hydrogens (primary N) is 2. The molecule has 0 bridgehead atoms. The summed E-state index contributed by atoms with van der Waals surface area (Å²) in [7, 11) is 0. The molecule has 1 aromatic carbocycles. The van der Waals surface area contributed by atoms with Gasteiger partial charge in [-0.1, -0.05) is 6.07 Å². The van der Waals surface area contributed by atoms with E-state index in [0.29, 0.717) is 24.1 Å². The Kier molecular flexibility index (Phi) is 4.27. The lowest BCUT2D eigenvalue weighted by Gasteiger charge is -2.12. The van der Waals surface area contributed by atoms with Gasteiger partial charge in [-0.25, -0.2) is 4.98 Å². The molecule has 3 rings (SSSR count). The molecule has 2 aromatic rings. The molecule has 0 atom stereocenters. The fourth-order valence-corrected chi connectivity index (χ4v) is 2.34. The number of carbonyl (C=O) groups is 1. The standard InChI is InChI=1S/C16H20N6O/c17-11-2-1-3-12(8-11)21-16-20-9-13(10-4-5-10)15(22-16)19-7-6-14(18)23/h1-3,8-10H,4-7,17H2,(H2,18,23)(H2,19,20,21,22). The Balaban J connectivity index is 1.77. The third kappa shape index (κ3) is 4.09. The Bertz CT molecular complexity index is 713. The zero-order chi connectivity index (χ0) is 16.2. The Hall–Kier alpha value is -2.83. The molecular formula is C16H20N6O. The molecule has 1 heterocycles. The lowest BCUT2D eigenvalue weighted by atomic mass is 10.2. The maximum atomic E-state index is 10.9. The Labute approximate surface area is 134 Å². The fourth-order valence-electron chi connectivity index (χ4n) is 2.34. The molecule has 1 aliphatic rings. The van der Waals surface area contributed by atoms with E-state index in [0.717, 1.165) is 29.9 Å². The highest BCUT2D eigenvalue weighted by atomic mass is 16.1. The second-order valence-corrected chi connectivity index (χ2v) is 5.67. The van der Waals surface area contributed by atoms with Crippen LogP contribution in [0.2, 0.25) is 0 Å². The van der Waals surface area contributed by atoms with Crippen molar-refractivity contribution in [2.45, 2.75) is 25.2 Å². The van der Waals surface area contributed by atoms with Crippen LogP contribution in [0.15, 0.2) is 30.5 Å². The van der Waals surface area contributed by atoms with Crippen LogP contribution in [-0.4, -0.2) is 22.4 Å². The van der Waals surface area contributed by atoms with Crippen LogP contribution < -0.4 is 22.1 Å². The summed E-state index contributed by atoms with van der Waals surface area (Å²) in [6.07, 6.45) is 4.41. The minimum absolute atomic E-state index is 0.270. The van der Waals surface area contributed by atoms with Crippen LogP contribution in [0.3, 0.4) is 0 Å². The number of rotatable bonds is 7. The zero-order valence-corrected chi connectivity index (χ0v) is 12.7. The average Bonchev–Trinajstić information content (AvgIpc) is 3.32. The van der Waals surface area contributed by atoms with E-state index in [1.807, 2.05) is 30.5 Å². The minimum atomic E-state index is -0.336. The summed E-state index contributed by atoms with van der Waals surface area (Å²) in [5.41, 5.74) is 13.5. The van der Waals surface area contributed by atoms with Gasteiger partial charge in [0.1, 0.15) is 5.82 Å². The number of nitrogen functional groups attached to an aromatic ring is 1. The highest BCUT2D eigenvalue weighted by Gasteiger charge is 2.27. The average molecular weight is 312 g/mol. The quantitative estimate of drug-likeness (QED) is 0.580. The van der Waals surface area contributed by atoms with E-state index < -0.39 is 0 Å². The highest BCUT2D eigenvalue weighted by Crippen LogP contribution is 2.42. The van der Waals surface area contributed by atoms with Crippen molar-refractivity contribution in [1.29, 1.82) is 0 Å². The van der Waals surface area contributed by atoms with Crippen molar-refractivity contribution in [3.63, 3.8) is 0 Å². The number of carbonyl (C=O) groups excluding carboxylic acids is 1. The predicted octanol–water partition coefficient (Wildman–Crippen LogP) is 1.97. The van der Waals surface area contributed by atoms with Gasteiger partial charge in [0.2, 0.25) is 11.9 Å². The molecule has 1 saturated carbocycles. The summed E-state index contributed by atoms with van der Waals surface area (Å²) in [6, 6.07) is 7.40. The number of aromatic nitrogens is 2. The number of primary amides is 1. The number of hydrogen-bond acceptors (Lipinski definition) is 6. The zero-order valence-electron chi connectivity index (χ0n) is 12.7. The predicted molar refractivity (Wildman–Crippen MR) is 90.4 cm³/mol. The number of anilines is 4. The Morgan fingerprint density at radius 1 is 1.35 bits per heavy atom. The van der Waals surface area contributed by atoms with Gasteiger partial charge in [-0.2, -0.15) is 4.98 Å². The molecule has 0 saturated heterocycles. The summed E-state index contributed by atoms with van der Waals surface area (Å²) in [5, 5.41) is 6.32. The number of amides is 1. The van der Waals surface area contributed by atoms with Crippen molar-refractivity contribution in [3.8, 4) is 0 Å². The largest absolute Gasteiger partial charge is 0.399 e. The van der Waals surface area contributed by atoms with Crippen LogP contribution in [0.4, 0.5) is 23.1 Å². The Morgan fingerprint density at radius 3 is 2.87 bits per heavy atom. The number of nitrogens with one attached hydrogen (secondary N) is 2. The first-order chi connectivity index (χ1) is 11.1. The molecule has 23 heavy (non-hydrogen) atoms. The van der Waals surface area contributed by atoms with Crippen molar-refractivity contribution < 1.29 is 4.79 Å². The smallest absolute Gasteiger partial charge is 0.229 e. The molecule has 0 spiro atoms. The molecule has 0 unspecified atom stereocenters. The maximum Gasteiger partial charge on any atom is 0.229 e. The topological polar surface area (TPSA) is 119 Å². The molecular weight excluding hydrogens is 292 g/mol. The SMILES string of the molecule is NC(=O)CCNc1nc(Nc2cccc(N)c2)ncc1C1CC1. The molecule has 7 heteroatoms. The van der Waals surface area contributed by atoms with Crippen LogP contribution in [0.1, 0.15) is 30.7 Å². The van der Waals surface area contributed by atoms with E-state index >= 15 is 0 Å². The van der Waals surface area contributed by atoms with Gasteiger partial charge in [0.15, 0.2) is 0 Å². The molecule has 1 fully saturated rings. The van der Waals surface area contributed by atoms with Gasteiger partial charge in [0.25, 0.3) is 0 Å². The lowest BCUT2D eigenvalue weighted by Crippen LogP contribution is -2.17. The summed E-state index contributed by atoms with van der Waals surface area (Å²) >= 11 is 0. The first kappa shape index (κ1) is 15.1. The molecule has 0 aliphatic heterocycles. The van der Waals surface area contributed by atoms with Gasteiger partial charge >= 0.3 is 0 Å². The van der Waals surface area contributed by atoms with Crippen LogP contribution in [0.25, 0.3) is 0 Å². The fraction of sp³-hybridized carbons (Fsp3) is 0.312.